The summed E-state index contributed by atoms with van der Waals surface area (Å²) in [4.78, 5) is 0. The van der Waals surface area contributed by atoms with Gasteiger partial charge in [-0.2, -0.15) is 5.10 Å². The van der Waals surface area contributed by atoms with Crippen LogP contribution >= 0.6 is 22.6 Å². The monoisotopic (exact) mass is 294 g/mol. The SMILES string of the molecule is CCCCOCc1nn(C)cc1I. The Morgan fingerprint density at radius 2 is 2.38 bits per heavy atom. The fourth-order valence-electron chi connectivity index (χ4n) is 1.02. The van der Waals surface area contributed by atoms with Crippen LogP contribution in [-0.2, 0) is 18.4 Å². The second-order valence-corrected chi connectivity index (χ2v) is 4.17. The highest BCUT2D eigenvalue weighted by Gasteiger charge is 2.03. The van der Waals surface area contributed by atoms with Gasteiger partial charge in [-0.15, -0.1) is 0 Å². The minimum absolute atomic E-state index is 0.638. The van der Waals surface area contributed by atoms with E-state index in [4.69, 9.17) is 4.74 Å². The van der Waals surface area contributed by atoms with E-state index in [2.05, 4.69) is 34.6 Å². The van der Waals surface area contributed by atoms with Crippen LogP contribution in [-0.4, -0.2) is 16.4 Å². The molecule has 0 saturated carbocycles. The van der Waals surface area contributed by atoms with Crippen LogP contribution in [0.25, 0.3) is 0 Å². The van der Waals surface area contributed by atoms with E-state index in [9.17, 15) is 0 Å². The van der Waals surface area contributed by atoms with Crippen molar-refractivity contribution in [3.8, 4) is 0 Å². The summed E-state index contributed by atoms with van der Waals surface area (Å²) >= 11 is 2.28. The molecule has 0 atom stereocenters. The highest BCUT2D eigenvalue weighted by atomic mass is 127. The molecule has 1 heterocycles. The van der Waals surface area contributed by atoms with Crippen molar-refractivity contribution in [1.82, 2.24) is 9.78 Å². The maximum atomic E-state index is 5.47. The Hall–Kier alpha value is -0.100. The van der Waals surface area contributed by atoms with Gasteiger partial charge in [-0.1, -0.05) is 13.3 Å². The Bertz CT molecular complexity index is 260. The summed E-state index contributed by atoms with van der Waals surface area (Å²) in [5.41, 5.74) is 1.04. The normalized spacial score (nSPS) is 10.7. The Morgan fingerprint density at radius 1 is 1.62 bits per heavy atom. The van der Waals surface area contributed by atoms with E-state index in [0.717, 1.165) is 18.7 Å². The first kappa shape index (κ1) is 11.0. The van der Waals surface area contributed by atoms with Crippen LogP contribution in [0.5, 0.6) is 0 Å². The van der Waals surface area contributed by atoms with Gasteiger partial charge in [0.15, 0.2) is 0 Å². The molecule has 0 unspecified atom stereocenters. The minimum atomic E-state index is 0.638. The van der Waals surface area contributed by atoms with Gasteiger partial charge in [0.2, 0.25) is 0 Å². The van der Waals surface area contributed by atoms with Crippen molar-refractivity contribution in [2.45, 2.75) is 26.4 Å². The van der Waals surface area contributed by atoms with E-state index in [0.29, 0.717) is 6.61 Å². The number of aryl methyl sites for hydroxylation is 1. The van der Waals surface area contributed by atoms with Gasteiger partial charge in [-0.05, 0) is 29.0 Å². The molecule has 3 nitrogen and oxygen atoms in total. The van der Waals surface area contributed by atoms with Crippen molar-refractivity contribution in [2.75, 3.05) is 6.61 Å². The molecule has 0 fully saturated rings. The number of hydrogen-bond acceptors (Lipinski definition) is 2. The van der Waals surface area contributed by atoms with Crippen molar-refractivity contribution >= 4 is 22.6 Å². The second kappa shape index (κ2) is 5.59. The van der Waals surface area contributed by atoms with Gasteiger partial charge < -0.3 is 4.74 Å². The maximum Gasteiger partial charge on any atom is 0.101 e. The average molecular weight is 294 g/mol. The Morgan fingerprint density at radius 3 is 2.92 bits per heavy atom. The molecule has 0 saturated heterocycles. The zero-order valence-electron chi connectivity index (χ0n) is 8.09. The molecule has 1 rings (SSSR count). The van der Waals surface area contributed by atoms with Crippen LogP contribution in [0.15, 0.2) is 6.20 Å². The van der Waals surface area contributed by atoms with Crippen LogP contribution in [0.1, 0.15) is 25.5 Å². The third-order valence-electron chi connectivity index (χ3n) is 1.74. The first-order valence-electron chi connectivity index (χ1n) is 4.49. The standard InChI is InChI=1S/C9H15IN2O/c1-3-4-5-13-7-9-8(10)6-12(2)11-9/h6H,3-5,7H2,1-2H3. The lowest BCUT2D eigenvalue weighted by molar-refractivity contribution is 0.114. The summed E-state index contributed by atoms with van der Waals surface area (Å²) in [6.07, 6.45) is 4.31. The van der Waals surface area contributed by atoms with Crippen LogP contribution < -0.4 is 0 Å². The number of aromatic nitrogens is 2. The predicted octanol–water partition coefficient (Wildman–Crippen LogP) is 2.34. The zero-order chi connectivity index (χ0) is 9.68. The number of unbranched alkanes of at least 4 members (excludes halogenated alkanes) is 1. The Kier molecular flexibility index (Phi) is 4.72. The fourth-order valence-corrected chi connectivity index (χ4v) is 1.69. The van der Waals surface area contributed by atoms with Crippen molar-refractivity contribution < 1.29 is 4.74 Å². The van der Waals surface area contributed by atoms with Crippen LogP contribution in [0.4, 0.5) is 0 Å². The highest BCUT2D eigenvalue weighted by molar-refractivity contribution is 14.1. The lowest BCUT2D eigenvalue weighted by Gasteiger charge is -2.00. The molecule has 0 aliphatic heterocycles. The molecular weight excluding hydrogens is 279 g/mol. The summed E-state index contributed by atoms with van der Waals surface area (Å²) < 4.78 is 8.47. The molecule has 0 aliphatic rings. The summed E-state index contributed by atoms with van der Waals surface area (Å²) in [6, 6.07) is 0. The minimum Gasteiger partial charge on any atom is -0.375 e. The molecule has 0 amide bonds. The number of hydrogen-bond donors (Lipinski definition) is 0. The molecule has 74 valence electrons. The van der Waals surface area contributed by atoms with Crippen molar-refractivity contribution in [3.05, 3.63) is 15.5 Å². The fraction of sp³-hybridized carbons (Fsp3) is 0.667. The van der Waals surface area contributed by atoms with Gasteiger partial charge in [-0.3, -0.25) is 4.68 Å². The first-order chi connectivity index (χ1) is 6.24. The lowest BCUT2D eigenvalue weighted by atomic mass is 10.4. The largest absolute Gasteiger partial charge is 0.375 e. The molecule has 0 aliphatic carbocycles. The summed E-state index contributed by atoms with van der Waals surface area (Å²) in [7, 11) is 1.93. The Labute approximate surface area is 92.6 Å². The summed E-state index contributed by atoms with van der Waals surface area (Å²) in [6.45, 7) is 3.64. The van der Waals surface area contributed by atoms with Crippen LogP contribution in [0.2, 0.25) is 0 Å². The smallest absolute Gasteiger partial charge is 0.101 e. The van der Waals surface area contributed by atoms with E-state index >= 15 is 0 Å². The third-order valence-corrected chi connectivity index (χ3v) is 2.64. The van der Waals surface area contributed by atoms with Gasteiger partial charge in [0, 0.05) is 19.9 Å². The van der Waals surface area contributed by atoms with E-state index in [1.165, 1.54) is 9.99 Å². The van der Waals surface area contributed by atoms with Crippen LogP contribution in [0, 0.1) is 3.57 Å². The van der Waals surface area contributed by atoms with Crippen LogP contribution in [0.3, 0.4) is 0 Å². The van der Waals surface area contributed by atoms with Crippen molar-refractivity contribution in [2.24, 2.45) is 7.05 Å². The third kappa shape index (κ3) is 3.64. The molecule has 0 spiro atoms. The van der Waals surface area contributed by atoms with Gasteiger partial charge in [-0.25, -0.2) is 0 Å². The molecule has 0 bridgehead atoms. The van der Waals surface area contributed by atoms with Gasteiger partial charge in [0.1, 0.15) is 5.69 Å². The number of rotatable bonds is 5. The highest BCUT2D eigenvalue weighted by Crippen LogP contribution is 2.10. The quantitative estimate of drug-likeness (QED) is 0.615. The lowest BCUT2D eigenvalue weighted by Crippen LogP contribution is -1.98. The first-order valence-corrected chi connectivity index (χ1v) is 5.57. The molecule has 4 heteroatoms. The van der Waals surface area contributed by atoms with E-state index < -0.39 is 0 Å². The van der Waals surface area contributed by atoms with E-state index in [1.807, 2.05) is 17.9 Å². The average Bonchev–Trinajstić information content (AvgIpc) is 2.39. The Balaban J connectivity index is 2.32. The molecule has 0 N–H and O–H groups in total. The molecule has 13 heavy (non-hydrogen) atoms. The van der Waals surface area contributed by atoms with Crippen molar-refractivity contribution in [1.29, 1.82) is 0 Å². The topological polar surface area (TPSA) is 27.1 Å². The molecule has 0 aromatic carbocycles. The van der Waals surface area contributed by atoms with Gasteiger partial charge in [0.05, 0.1) is 10.2 Å². The maximum absolute atomic E-state index is 5.47. The number of nitrogens with zero attached hydrogens (tertiary/aromatic N) is 2. The summed E-state index contributed by atoms with van der Waals surface area (Å²) in [5.74, 6) is 0. The molecule has 1 aromatic heterocycles. The van der Waals surface area contributed by atoms with E-state index in [-0.39, 0.29) is 0 Å². The zero-order valence-corrected chi connectivity index (χ0v) is 10.2. The van der Waals surface area contributed by atoms with E-state index in [1.54, 1.807) is 0 Å². The summed E-state index contributed by atoms with van der Waals surface area (Å²) in [5, 5.41) is 4.29. The predicted molar refractivity (Wildman–Crippen MR) is 60.5 cm³/mol. The van der Waals surface area contributed by atoms with Gasteiger partial charge >= 0.3 is 0 Å². The molecule has 1 aromatic rings. The molecular formula is C9H15IN2O. The number of halogens is 1. The molecule has 0 radical (unpaired) electrons. The number of ether oxygens (including phenoxy) is 1. The van der Waals surface area contributed by atoms with Crippen molar-refractivity contribution in [3.63, 3.8) is 0 Å². The second-order valence-electron chi connectivity index (χ2n) is 3.00. The van der Waals surface area contributed by atoms with Gasteiger partial charge in [0.25, 0.3) is 0 Å².